The Balaban J connectivity index is 1.24. The molecular weight excluding hydrogens is 1330 g/mol. The quantitative estimate of drug-likeness (QED) is 0.0630. The number of nitrogens with zero attached hydrogens (tertiary/aromatic N) is 3. The number of nitrogens with one attached hydrogen (secondary N) is 3. The number of allylic oxidation sites excluding steroid dienone is 8. The lowest BCUT2D eigenvalue weighted by Crippen LogP contribution is -2.26. The molecular formula is C72H43F15N6O6. The molecule has 99 heavy (non-hydrogen) atoms. The van der Waals surface area contributed by atoms with Crippen LogP contribution in [0, 0.1) is 87.3 Å². The van der Waals surface area contributed by atoms with Crippen LogP contribution >= 0.6 is 0 Å². The van der Waals surface area contributed by atoms with Gasteiger partial charge in [-0.3, -0.25) is 0 Å². The van der Waals surface area contributed by atoms with Crippen LogP contribution in [0.1, 0.15) is 44.8 Å². The third-order valence-corrected chi connectivity index (χ3v) is 16.7. The highest BCUT2D eigenvalue weighted by Crippen LogP contribution is 2.47. The molecule has 6 aromatic carbocycles. The molecule has 5 aliphatic rings. The van der Waals surface area contributed by atoms with E-state index in [9.17, 15) is 0 Å². The molecule has 0 aliphatic carbocycles. The maximum atomic E-state index is 16.8. The summed E-state index contributed by atoms with van der Waals surface area (Å²) in [5.74, 6) is -35.8. The highest BCUT2D eigenvalue weighted by Gasteiger charge is 2.39. The van der Waals surface area contributed by atoms with E-state index in [1.165, 1.54) is 140 Å². The second-order valence-electron chi connectivity index (χ2n) is 21.8. The average Bonchev–Trinajstić information content (AvgIpc) is 1.70. The summed E-state index contributed by atoms with van der Waals surface area (Å²) < 4.78 is 276. The minimum absolute atomic E-state index is 0.00260. The number of aromatic amines is 2. The molecule has 1 unspecified atom stereocenters. The molecule has 27 heteroatoms. The van der Waals surface area contributed by atoms with E-state index in [0.717, 1.165) is 30.4 Å². The third-order valence-electron chi connectivity index (χ3n) is 16.7. The van der Waals surface area contributed by atoms with Gasteiger partial charge in [-0.1, -0.05) is 24.3 Å². The molecule has 0 fully saturated rings. The summed E-state index contributed by atoms with van der Waals surface area (Å²) in [6, 6.07) is 16.5. The Kier molecular flexibility index (Phi) is 17.0. The van der Waals surface area contributed by atoms with Crippen LogP contribution in [0.15, 0.2) is 165 Å². The Hall–Kier alpha value is -11.9. The van der Waals surface area contributed by atoms with Gasteiger partial charge in [0.25, 0.3) is 0 Å². The molecule has 13 rings (SSSR count). The highest BCUT2D eigenvalue weighted by atomic mass is 19.2. The van der Waals surface area contributed by atoms with Gasteiger partial charge in [-0.05, 0) is 103 Å². The van der Waals surface area contributed by atoms with Gasteiger partial charge in [0.1, 0.15) is 34.5 Å². The lowest BCUT2D eigenvalue weighted by atomic mass is 9.95. The third kappa shape index (κ3) is 10.6. The highest BCUT2D eigenvalue weighted by molar-refractivity contribution is 6.36. The first-order chi connectivity index (χ1) is 47.6. The monoisotopic (exact) mass is 1370 g/mol. The molecule has 3 N–H and O–H groups in total. The summed E-state index contributed by atoms with van der Waals surface area (Å²) >= 11 is 0. The number of aliphatic imine (C=N–C) groups is 3. The molecule has 1 atom stereocenters. The zero-order valence-electron chi connectivity index (χ0n) is 51.7. The summed E-state index contributed by atoms with van der Waals surface area (Å²) in [6.07, 6.45) is 9.60. The van der Waals surface area contributed by atoms with E-state index in [4.69, 9.17) is 43.4 Å². The Labute approximate surface area is 549 Å². The molecule has 0 radical (unpaired) electrons. The van der Waals surface area contributed by atoms with Crippen LogP contribution in [0.4, 0.5) is 65.9 Å². The first-order valence-corrected chi connectivity index (χ1v) is 29.2. The minimum atomic E-state index is -2.54. The second-order valence-corrected chi connectivity index (χ2v) is 21.8. The summed E-state index contributed by atoms with van der Waals surface area (Å²) in [7, 11) is 7.58. The predicted octanol–water partition coefficient (Wildman–Crippen LogP) is 14.5. The number of hydrogen-bond acceptors (Lipinski definition) is 10. The van der Waals surface area contributed by atoms with Crippen molar-refractivity contribution in [1.29, 1.82) is 0 Å². The first-order valence-electron chi connectivity index (χ1n) is 29.2. The summed E-state index contributed by atoms with van der Waals surface area (Å²) in [5, 5.41) is 2.47. The Morgan fingerprint density at radius 2 is 0.606 bits per heavy atom. The lowest BCUT2D eigenvalue weighted by molar-refractivity contribution is 0.375. The fourth-order valence-electron chi connectivity index (χ4n) is 12.3. The first kappa shape index (κ1) is 65.7. The van der Waals surface area contributed by atoms with Crippen molar-refractivity contribution in [3.8, 4) is 34.5 Å². The van der Waals surface area contributed by atoms with Crippen LogP contribution in [0.25, 0.3) is 33.4 Å². The second kappa shape index (κ2) is 25.6. The van der Waals surface area contributed by atoms with Gasteiger partial charge in [-0.2, -0.15) is 0 Å². The van der Waals surface area contributed by atoms with Gasteiger partial charge < -0.3 is 43.7 Å². The molecule has 8 aromatic rings. The molecule has 0 spiro atoms. The van der Waals surface area contributed by atoms with Crippen LogP contribution in [0.3, 0.4) is 0 Å². The molecule has 0 saturated carbocycles. The van der Waals surface area contributed by atoms with Gasteiger partial charge in [0.15, 0.2) is 69.8 Å². The topological polar surface area (TPSA) is 136 Å². The van der Waals surface area contributed by atoms with E-state index in [1.807, 2.05) is 0 Å². The van der Waals surface area contributed by atoms with Gasteiger partial charge in [0.05, 0.1) is 116 Å². The number of benzene rings is 6. The standard InChI is InChI=1S/C72H43F15N6O6/c1-94-40-10-7-11-41(95-2)52(40)46-28-16-22-34(88-28)49(55-58(73)64(79)70(85)65(80)59(55)74)36-24-18-30(90-36)47(53-42(96-3)12-8-13-43(53)97-4)32-20-26-38(92-32)51(57-62(77)68(83)72(87)69(84)63(57)78)39-27-21-33(93-39)48(54-44(98-5)14-9-15-45(54)99-6)31-19-25-37(91-31)50(35-23-17-29(46)89-35)56-60(75)66(81)71(86)67(82)61(56)76/h7-27,34,88-89,92H,1-6H3/b46-28+,47-32+,48-33+,49-36-,50-37+,51-38+. The Bertz CT molecular complexity index is 5240. The molecule has 2 aromatic heterocycles. The van der Waals surface area contributed by atoms with Crippen molar-refractivity contribution in [2.24, 2.45) is 15.0 Å². The van der Waals surface area contributed by atoms with Gasteiger partial charge in [-0.25, -0.2) is 80.8 Å². The molecule has 12 bridgehead atoms. The number of methoxy groups -OCH3 is 6. The largest absolute Gasteiger partial charge is 0.496 e. The maximum Gasteiger partial charge on any atom is 0.200 e. The minimum Gasteiger partial charge on any atom is -0.496 e. The van der Waals surface area contributed by atoms with Gasteiger partial charge in [0.2, 0.25) is 17.5 Å². The zero-order valence-corrected chi connectivity index (χ0v) is 51.7. The number of rotatable bonds is 12. The number of hydrogen-bond donors (Lipinski definition) is 3. The Morgan fingerprint density at radius 1 is 0.293 bits per heavy atom. The molecule has 7 heterocycles. The fraction of sp³-hybridized carbons (Fsp3) is 0.0972. The van der Waals surface area contributed by atoms with Gasteiger partial charge in [-0.15, -0.1) is 0 Å². The lowest BCUT2D eigenvalue weighted by Gasteiger charge is -2.22. The summed E-state index contributed by atoms with van der Waals surface area (Å²) in [4.78, 5) is 20.3. The van der Waals surface area contributed by atoms with Gasteiger partial charge in [0, 0.05) is 61.2 Å². The SMILES string of the molecule is COc1cccc(OC)c1/C1=C2\C=CC(=N2)/C(c2c(F)c(F)c(F)c(F)c2F)=c2/cc/c([nH]2)=C(\c2c(OC)cccc2OC)C2=N/C(=C(\c3c(F)c(F)c(F)c(F)c3F)C3C=C/C(=C(\c4c(OC)cccc4OC)c4ccc([nH]4)/C(c4c(F)c(F)c(F)c(F)c4F)=C4/C=CC1=N4)N3)C=C2. The smallest absolute Gasteiger partial charge is 0.200 e. The normalized spacial score (nSPS) is 19.7. The van der Waals surface area contributed by atoms with Crippen LogP contribution < -0.4 is 44.4 Å². The zero-order chi connectivity index (χ0) is 70.3. The van der Waals surface area contributed by atoms with Crippen LogP contribution in [0.5, 0.6) is 34.5 Å². The van der Waals surface area contributed by atoms with E-state index >= 15 is 65.9 Å². The number of aromatic nitrogens is 2. The molecule has 12 nitrogen and oxygen atoms in total. The van der Waals surface area contributed by atoms with E-state index < -0.39 is 155 Å². The Morgan fingerprint density at radius 3 is 1.02 bits per heavy atom. The van der Waals surface area contributed by atoms with Crippen molar-refractivity contribution in [2.45, 2.75) is 6.04 Å². The maximum absolute atomic E-state index is 16.8. The molecule has 502 valence electrons. The van der Waals surface area contributed by atoms with E-state index in [0.29, 0.717) is 0 Å². The number of ether oxygens (including phenoxy) is 6. The summed E-state index contributed by atoms with van der Waals surface area (Å²) in [6.45, 7) is 0. The van der Waals surface area contributed by atoms with Gasteiger partial charge >= 0.3 is 0 Å². The van der Waals surface area contributed by atoms with E-state index in [-0.39, 0.29) is 102 Å². The molecule has 0 saturated heterocycles. The number of H-pyrrole nitrogens is 2. The molecule has 0 amide bonds. The van der Waals surface area contributed by atoms with Crippen LogP contribution in [-0.2, 0) is 0 Å². The van der Waals surface area contributed by atoms with Crippen molar-refractivity contribution in [1.82, 2.24) is 15.3 Å². The predicted molar refractivity (Wildman–Crippen MR) is 335 cm³/mol. The fourth-order valence-corrected chi connectivity index (χ4v) is 12.3. The van der Waals surface area contributed by atoms with E-state index in [2.05, 4.69) is 15.3 Å². The summed E-state index contributed by atoms with van der Waals surface area (Å²) in [5.41, 5.74) is -10.3. The number of fused-ring (bicyclic) bond motifs is 9. The van der Waals surface area contributed by atoms with Crippen molar-refractivity contribution in [3.63, 3.8) is 0 Å². The van der Waals surface area contributed by atoms with Crippen LogP contribution in [0.2, 0.25) is 0 Å². The van der Waals surface area contributed by atoms with Crippen molar-refractivity contribution in [3.05, 3.63) is 293 Å². The van der Waals surface area contributed by atoms with E-state index in [1.54, 1.807) is 0 Å². The van der Waals surface area contributed by atoms with Crippen molar-refractivity contribution >= 4 is 50.6 Å². The van der Waals surface area contributed by atoms with Crippen LogP contribution in [-0.4, -0.2) is 75.8 Å². The average molecular weight is 1370 g/mol. The van der Waals surface area contributed by atoms with Crippen molar-refractivity contribution in [2.75, 3.05) is 42.7 Å². The molecule has 5 aliphatic heterocycles. The number of halogens is 15. The van der Waals surface area contributed by atoms with Crippen molar-refractivity contribution < 1.29 is 94.3 Å².